The van der Waals surface area contributed by atoms with Crippen molar-refractivity contribution in [2.45, 2.75) is 57.9 Å². The number of hydrogen-bond acceptors (Lipinski definition) is 3. The quantitative estimate of drug-likeness (QED) is 0.729. The third kappa shape index (κ3) is 2.71. The molecule has 15 heavy (non-hydrogen) atoms. The smallest absolute Gasteiger partial charge is 0.326 e. The molecule has 1 rings (SSSR count). The summed E-state index contributed by atoms with van der Waals surface area (Å²) in [5.41, 5.74) is 5.49. The molecule has 1 atom stereocenters. The molecule has 88 valence electrons. The highest BCUT2D eigenvalue weighted by atomic mass is 16.5. The Morgan fingerprint density at radius 1 is 1.33 bits per heavy atom. The van der Waals surface area contributed by atoms with Crippen molar-refractivity contribution in [2.75, 3.05) is 6.61 Å². The van der Waals surface area contributed by atoms with Crippen LogP contribution in [0.2, 0.25) is 0 Å². The fourth-order valence-corrected chi connectivity index (χ4v) is 2.48. The van der Waals surface area contributed by atoms with Crippen LogP contribution in [0, 0.1) is 5.92 Å². The van der Waals surface area contributed by atoms with Gasteiger partial charge in [0.05, 0.1) is 6.61 Å². The van der Waals surface area contributed by atoms with Gasteiger partial charge in [0.1, 0.15) is 5.54 Å². The minimum atomic E-state index is -0.740. The number of rotatable bonds is 4. The highest BCUT2D eigenvalue weighted by Crippen LogP contribution is 2.33. The Morgan fingerprint density at radius 2 is 1.93 bits per heavy atom. The molecule has 0 bridgehead atoms. The first kappa shape index (κ1) is 12.5. The van der Waals surface area contributed by atoms with Crippen molar-refractivity contribution >= 4 is 5.97 Å². The number of esters is 1. The molecule has 0 aromatic rings. The van der Waals surface area contributed by atoms with E-state index in [1.54, 1.807) is 0 Å². The highest BCUT2D eigenvalue weighted by molar-refractivity contribution is 5.81. The summed E-state index contributed by atoms with van der Waals surface area (Å²) in [5.74, 6) is 0.106. The maximum atomic E-state index is 11.8. The third-order valence-electron chi connectivity index (χ3n) is 3.57. The van der Waals surface area contributed by atoms with Crippen molar-refractivity contribution in [2.24, 2.45) is 11.7 Å². The standard InChI is InChI=1S/C12H23NO2/c1-3-12(13,11(14)15-4-2)10-8-6-5-7-9-10/h10H,3-9,13H2,1-2H3. The van der Waals surface area contributed by atoms with Crippen molar-refractivity contribution < 1.29 is 9.53 Å². The van der Waals surface area contributed by atoms with Gasteiger partial charge in [-0.3, -0.25) is 4.79 Å². The van der Waals surface area contributed by atoms with Crippen LogP contribution in [0.5, 0.6) is 0 Å². The average Bonchev–Trinajstić information content (AvgIpc) is 2.29. The van der Waals surface area contributed by atoms with Crippen LogP contribution in [0.4, 0.5) is 0 Å². The van der Waals surface area contributed by atoms with Gasteiger partial charge in [-0.1, -0.05) is 26.2 Å². The summed E-state index contributed by atoms with van der Waals surface area (Å²) in [4.78, 5) is 11.8. The fraction of sp³-hybridized carbons (Fsp3) is 0.917. The van der Waals surface area contributed by atoms with E-state index in [0.29, 0.717) is 18.9 Å². The first-order valence-electron chi connectivity index (χ1n) is 6.11. The van der Waals surface area contributed by atoms with Crippen molar-refractivity contribution in [1.29, 1.82) is 0 Å². The zero-order valence-electron chi connectivity index (χ0n) is 9.92. The number of ether oxygens (including phenoxy) is 1. The topological polar surface area (TPSA) is 52.3 Å². The molecule has 0 radical (unpaired) electrons. The van der Waals surface area contributed by atoms with Crippen molar-refractivity contribution in [1.82, 2.24) is 0 Å². The monoisotopic (exact) mass is 213 g/mol. The van der Waals surface area contributed by atoms with Crippen LogP contribution < -0.4 is 5.73 Å². The lowest BCUT2D eigenvalue weighted by Crippen LogP contribution is -2.55. The maximum Gasteiger partial charge on any atom is 0.326 e. The molecule has 1 saturated carbocycles. The summed E-state index contributed by atoms with van der Waals surface area (Å²) in [5, 5.41) is 0. The van der Waals surface area contributed by atoms with Gasteiger partial charge >= 0.3 is 5.97 Å². The SMILES string of the molecule is CCOC(=O)C(N)(CC)C1CCCCC1. The Balaban J connectivity index is 2.68. The van der Waals surface area contributed by atoms with Gasteiger partial charge in [0.25, 0.3) is 0 Å². The minimum Gasteiger partial charge on any atom is -0.465 e. The fourth-order valence-electron chi connectivity index (χ4n) is 2.48. The Morgan fingerprint density at radius 3 is 2.40 bits per heavy atom. The summed E-state index contributed by atoms with van der Waals surface area (Å²) >= 11 is 0. The second kappa shape index (κ2) is 5.50. The highest BCUT2D eigenvalue weighted by Gasteiger charge is 2.41. The van der Waals surface area contributed by atoms with E-state index < -0.39 is 5.54 Å². The van der Waals surface area contributed by atoms with Gasteiger partial charge in [0.2, 0.25) is 0 Å². The molecule has 1 unspecified atom stereocenters. The van der Waals surface area contributed by atoms with E-state index in [2.05, 4.69) is 0 Å². The predicted molar refractivity (Wildman–Crippen MR) is 60.4 cm³/mol. The number of nitrogens with two attached hydrogens (primary N) is 1. The predicted octanol–water partition coefficient (Wildman–Crippen LogP) is 2.24. The minimum absolute atomic E-state index is 0.209. The van der Waals surface area contributed by atoms with Gasteiger partial charge in [0.15, 0.2) is 0 Å². The van der Waals surface area contributed by atoms with Crippen LogP contribution >= 0.6 is 0 Å². The lowest BCUT2D eigenvalue weighted by molar-refractivity contribution is -0.152. The first-order chi connectivity index (χ1) is 7.15. The molecular formula is C12H23NO2. The molecule has 0 spiro atoms. The summed E-state index contributed by atoms with van der Waals surface area (Å²) in [7, 11) is 0. The number of carbonyl (C=O) groups excluding carboxylic acids is 1. The molecule has 0 aliphatic heterocycles. The van der Waals surface area contributed by atoms with Crippen LogP contribution in [-0.4, -0.2) is 18.1 Å². The Bertz CT molecular complexity index is 212. The molecule has 1 aliphatic carbocycles. The van der Waals surface area contributed by atoms with Crippen LogP contribution in [0.3, 0.4) is 0 Å². The molecule has 0 saturated heterocycles. The van der Waals surface area contributed by atoms with E-state index in [1.807, 2.05) is 13.8 Å². The second-order valence-corrected chi connectivity index (χ2v) is 4.45. The van der Waals surface area contributed by atoms with Crippen molar-refractivity contribution in [3.05, 3.63) is 0 Å². The van der Waals surface area contributed by atoms with Crippen molar-refractivity contribution in [3.63, 3.8) is 0 Å². The number of hydrogen-bond donors (Lipinski definition) is 1. The largest absolute Gasteiger partial charge is 0.465 e. The van der Waals surface area contributed by atoms with Crippen LogP contribution in [0.25, 0.3) is 0 Å². The van der Waals surface area contributed by atoms with Crippen molar-refractivity contribution in [3.8, 4) is 0 Å². The Labute approximate surface area is 92.4 Å². The van der Waals surface area contributed by atoms with Gasteiger partial charge in [-0.2, -0.15) is 0 Å². The maximum absolute atomic E-state index is 11.8. The number of carbonyl (C=O) groups is 1. The molecule has 2 N–H and O–H groups in total. The first-order valence-corrected chi connectivity index (χ1v) is 6.11. The average molecular weight is 213 g/mol. The van der Waals surface area contributed by atoms with E-state index >= 15 is 0 Å². The van der Waals surface area contributed by atoms with E-state index in [9.17, 15) is 4.79 Å². The Hall–Kier alpha value is -0.570. The summed E-state index contributed by atoms with van der Waals surface area (Å²) in [6.45, 7) is 4.23. The molecule has 0 heterocycles. The van der Waals surface area contributed by atoms with Gasteiger partial charge in [-0.05, 0) is 32.1 Å². The zero-order valence-corrected chi connectivity index (χ0v) is 9.92. The van der Waals surface area contributed by atoms with Crippen LogP contribution in [0.1, 0.15) is 52.4 Å². The Kier molecular flexibility index (Phi) is 4.58. The van der Waals surface area contributed by atoms with Gasteiger partial charge in [-0.25, -0.2) is 0 Å². The van der Waals surface area contributed by atoms with E-state index in [1.165, 1.54) is 19.3 Å². The van der Waals surface area contributed by atoms with Gasteiger partial charge in [-0.15, -0.1) is 0 Å². The molecule has 3 nitrogen and oxygen atoms in total. The van der Waals surface area contributed by atoms with Gasteiger partial charge < -0.3 is 10.5 Å². The third-order valence-corrected chi connectivity index (χ3v) is 3.57. The lowest BCUT2D eigenvalue weighted by Gasteiger charge is -2.36. The molecule has 0 aromatic carbocycles. The lowest BCUT2D eigenvalue weighted by atomic mass is 9.74. The molecule has 0 aromatic heterocycles. The normalized spacial score (nSPS) is 22.1. The van der Waals surface area contributed by atoms with E-state index in [-0.39, 0.29) is 5.97 Å². The summed E-state index contributed by atoms with van der Waals surface area (Å²) < 4.78 is 5.09. The summed E-state index contributed by atoms with van der Waals surface area (Å²) in [6, 6.07) is 0. The molecule has 3 heteroatoms. The molecular weight excluding hydrogens is 190 g/mol. The molecule has 1 aliphatic rings. The van der Waals surface area contributed by atoms with E-state index in [0.717, 1.165) is 12.8 Å². The van der Waals surface area contributed by atoms with Crippen LogP contribution in [-0.2, 0) is 9.53 Å². The zero-order chi connectivity index (χ0) is 11.3. The van der Waals surface area contributed by atoms with Gasteiger partial charge in [0, 0.05) is 0 Å². The second-order valence-electron chi connectivity index (χ2n) is 4.45. The van der Waals surface area contributed by atoms with Crippen LogP contribution in [0.15, 0.2) is 0 Å². The molecule has 1 fully saturated rings. The molecule has 0 amide bonds. The van der Waals surface area contributed by atoms with E-state index in [4.69, 9.17) is 10.5 Å². The summed E-state index contributed by atoms with van der Waals surface area (Å²) in [6.07, 6.45) is 6.49.